The highest BCUT2D eigenvalue weighted by Crippen LogP contribution is 2.29. The third-order valence-corrected chi connectivity index (χ3v) is 6.65. The van der Waals surface area contributed by atoms with Gasteiger partial charge in [-0.2, -0.15) is 4.31 Å². The lowest BCUT2D eigenvalue weighted by atomic mass is 10.2. The Labute approximate surface area is 168 Å². The number of quaternary nitrogens is 1. The van der Waals surface area contributed by atoms with Crippen LogP contribution >= 0.6 is 12.2 Å². The van der Waals surface area contributed by atoms with E-state index in [1.807, 2.05) is 0 Å². The lowest BCUT2D eigenvalue weighted by Crippen LogP contribution is -3.05. The topological polar surface area (TPSA) is 75.1 Å². The van der Waals surface area contributed by atoms with Crippen LogP contribution in [0.2, 0.25) is 0 Å². The second-order valence-electron chi connectivity index (χ2n) is 7.02. The summed E-state index contributed by atoms with van der Waals surface area (Å²) in [7, 11) is 2.26. The molecule has 0 aliphatic carbocycles. The van der Waals surface area contributed by atoms with Gasteiger partial charge in [0.1, 0.15) is 5.75 Å². The van der Waals surface area contributed by atoms with Crippen LogP contribution in [0.5, 0.6) is 5.75 Å². The summed E-state index contributed by atoms with van der Waals surface area (Å²) < 4.78 is 32.7. The largest absolute Gasteiger partial charge is 0.495 e. The number of methoxy groups -OCH3 is 1. The molecule has 1 heterocycles. The molecule has 1 fully saturated rings. The van der Waals surface area contributed by atoms with Crippen LogP contribution in [0.4, 0.5) is 5.69 Å². The summed E-state index contributed by atoms with van der Waals surface area (Å²) in [5.41, 5.74) is 0.548. The molecule has 0 aromatic heterocycles. The van der Waals surface area contributed by atoms with E-state index in [4.69, 9.17) is 17.0 Å². The molecule has 27 heavy (non-hydrogen) atoms. The first-order valence-electron chi connectivity index (χ1n) is 9.36. The molecular weight excluding hydrogens is 384 g/mol. The fourth-order valence-electron chi connectivity index (χ4n) is 3.01. The van der Waals surface area contributed by atoms with E-state index in [-0.39, 0.29) is 4.90 Å². The van der Waals surface area contributed by atoms with E-state index in [0.717, 1.165) is 38.8 Å². The minimum atomic E-state index is -3.50. The standard InChI is InChI=1S/C18H30N4O3S2/c1-21(2)11-7-10-19-18(26)20-16-14-15(8-9-17(16)25-3)27(23,24)22-12-5-4-6-13-22/h8-9,14H,4-7,10-13H2,1-3H3,(H2,19,20,26)/p+1. The summed E-state index contributed by atoms with van der Waals surface area (Å²) in [6, 6.07) is 4.85. The number of thiocarbonyl (C=S) groups is 1. The van der Waals surface area contributed by atoms with Crippen LogP contribution in [0.25, 0.3) is 0 Å². The summed E-state index contributed by atoms with van der Waals surface area (Å²) in [5.74, 6) is 0.550. The number of piperidine rings is 1. The number of benzene rings is 1. The van der Waals surface area contributed by atoms with Gasteiger partial charge in [-0.25, -0.2) is 8.42 Å². The summed E-state index contributed by atoms with van der Waals surface area (Å²) in [5, 5.41) is 6.67. The predicted octanol–water partition coefficient (Wildman–Crippen LogP) is 0.691. The maximum atomic E-state index is 12.9. The number of sulfonamides is 1. The molecule has 0 amide bonds. The van der Waals surface area contributed by atoms with Gasteiger partial charge in [-0.1, -0.05) is 6.42 Å². The van der Waals surface area contributed by atoms with Crippen molar-refractivity contribution in [2.75, 3.05) is 52.7 Å². The van der Waals surface area contributed by atoms with Gasteiger partial charge < -0.3 is 20.3 Å². The van der Waals surface area contributed by atoms with E-state index in [1.54, 1.807) is 29.6 Å². The quantitative estimate of drug-likeness (QED) is 0.429. The highest BCUT2D eigenvalue weighted by atomic mass is 32.2. The first kappa shape index (κ1) is 21.9. The molecule has 0 saturated carbocycles. The number of hydrogen-bond donors (Lipinski definition) is 3. The third-order valence-electron chi connectivity index (χ3n) is 4.51. The molecule has 1 saturated heterocycles. The molecule has 0 bridgehead atoms. The minimum absolute atomic E-state index is 0.256. The van der Waals surface area contributed by atoms with Gasteiger partial charge in [0.15, 0.2) is 5.11 Å². The van der Waals surface area contributed by atoms with Crippen molar-refractivity contribution in [3.8, 4) is 5.75 Å². The monoisotopic (exact) mass is 415 g/mol. The Morgan fingerprint density at radius 2 is 1.96 bits per heavy atom. The molecule has 1 aromatic rings. The lowest BCUT2D eigenvalue weighted by molar-refractivity contribution is -0.858. The molecular formula is C18H31N4O3S2+. The van der Waals surface area contributed by atoms with Gasteiger partial charge in [0.2, 0.25) is 10.0 Å². The smallest absolute Gasteiger partial charge is 0.243 e. The first-order chi connectivity index (χ1) is 12.8. The van der Waals surface area contributed by atoms with E-state index in [2.05, 4.69) is 24.7 Å². The number of hydrogen-bond acceptors (Lipinski definition) is 4. The molecule has 0 unspecified atom stereocenters. The zero-order chi connectivity index (χ0) is 19.9. The van der Waals surface area contributed by atoms with Gasteiger partial charge in [0.05, 0.1) is 38.3 Å². The maximum absolute atomic E-state index is 12.9. The lowest BCUT2D eigenvalue weighted by Gasteiger charge is -2.26. The number of anilines is 1. The normalized spacial score (nSPS) is 15.6. The molecule has 0 spiro atoms. The predicted molar refractivity (Wildman–Crippen MR) is 112 cm³/mol. The third kappa shape index (κ3) is 6.31. The summed E-state index contributed by atoms with van der Waals surface area (Å²) in [6.45, 7) is 2.95. The van der Waals surface area contributed by atoms with Gasteiger partial charge in [-0.15, -0.1) is 0 Å². The average molecular weight is 416 g/mol. The van der Waals surface area contributed by atoms with Gasteiger partial charge >= 0.3 is 0 Å². The Morgan fingerprint density at radius 3 is 2.59 bits per heavy atom. The van der Waals surface area contributed by atoms with Crippen molar-refractivity contribution in [1.29, 1.82) is 0 Å². The summed E-state index contributed by atoms with van der Waals surface area (Å²) in [4.78, 5) is 1.64. The number of nitrogens with zero attached hydrogens (tertiary/aromatic N) is 1. The Hall–Kier alpha value is -1.42. The van der Waals surface area contributed by atoms with Crippen molar-refractivity contribution in [3.63, 3.8) is 0 Å². The van der Waals surface area contributed by atoms with Crippen LogP contribution in [0.3, 0.4) is 0 Å². The molecule has 2 rings (SSSR count). The molecule has 1 aliphatic heterocycles. The van der Waals surface area contributed by atoms with E-state index < -0.39 is 10.0 Å². The van der Waals surface area contributed by atoms with Crippen LogP contribution in [0.15, 0.2) is 23.1 Å². The van der Waals surface area contributed by atoms with Crippen molar-refractivity contribution in [1.82, 2.24) is 9.62 Å². The van der Waals surface area contributed by atoms with Gasteiger partial charge in [0.25, 0.3) is 0 Å². The fraction of sp³-hybridized carbons (Fsp3) is 0.611. The van der Waals surface area contributed by atoms with Crippen molar-refractivity contribution in [2.45, 2.75) is 30.6 Å². The highest BCUT2D eigenvalue weighted by molar-refractivity contribution is 7.89. The zero-order valence-corrected chi connectivity index (χ0v) is 18.0. The molecule has 7 nitrogen and oxygen atoms in total. The Bertz CT molecular complexity index is 732. The highest BCUT2D eigenvalue weighted by Gasteiger charge is 2.26. The second kappa shape index (κ2) is 10.2. The molecule has 0 radical (unpaired) electrons. The molecule has 1 aromatic carbocycles. The van der Waals surface area contributed by atoms with Gasteiger partial charge in [-0.3, -0.25) is 0 Å². The molecule has 9 heteroatoms. The molecule has 0 atom stereocenters. The van der Waals surface area contributed by atoms with Crippen molar-refractivity contribution in [3.05, 3.63) is 18.2 Å². The second-order valence-corrected chi connectivity index (χ2v) is 9.36. The Kier molecular flexibility index (Phi) is 8.28. The van der Waals surface area contributed by atoms with Crippen LogP contribution in [0.1, 0.15) is 25.7 Å². The molecule has 1 aliphatic rings. The first-order valence-corrected chi connectivity index (χ1v) is 11.2. The van der Waals surface area contributed by atoms with Crippen LogP contribution < -0.4 is 20.3 Å². The van der Waals surface area contributed by atoms with E-state index in [0.29, 0.717) is 29.6 Å². The van der Waals surface area contributed by atoms with Crippen LogP contribution in [0, 0.1) is 0 Å². The van der Waals surface area contributed by atoms with E-state index in [9.17, 15) is 8.42 Å². The van der Waals surface area contributed by atoms with Crippen molar-refractivity contribution < 1.29 is 18.1 Å². The zero-order valence-electron chi connectivity index (χ0n) is 16.4. The van der Waals surface area contributed by atoms with Gasteiger partial charge in [0, 0.05) is 26.1 Å². The van der Waals surface area contributed by atoms with Crippen LogP contribution in [-0.2, 0) is 10.0 Å². The van der Waals surface area contributed by atoms with E-state index in [1.165, 1.54) is 4.90 Å². The minimum Gasteiger partial charge on any atom is -0.495 e. The number of nitrogens with one attached hydrogen (secondary N) is 3. The van der Waals surface area contributed by atoms with Crippen molar-refractivity contribution in [2.24, 2.45) is 0 Å². The fourth-order valence-corrected chi connectivity index (χ4v) is 4.77. The summed E-state index contributed by atoms with van der Waals surface area (Å²) in [6.07, 6.45) is 3.88. The summed E-state index contributed by atoms with van der Waals surface area (Å²) >= 11 is 5.34. The molecule has 152 valence electrons. The van der Waals surface area contributed by atoms with Crippen LogP contribution in [-0.4, -0.2) is 65.2 Å². The number of ether oxygens (including phenoxy) is 1. The Morgan fingerprint density at radius 1 is 1.26 bits per heavy atom. The maximum Gasteiger partial charge on any atom is 0.243 e. The SMILES string of the molecule is COc1ccc(S(=O)(=O)N2CCCCC2)cc1NC(=S)NCCC[NH+](C)C. The number of rotatable bonds is 8. The van der Waals surface area contributed by atoms with Gasteiger partial charge in [-0.05, 0) is 43.3 Å². The van der Waals surface area contributed by atoms with Crippen molar-refractivity contribution >= 4 is 33.0 Å². The molecule has 3 N–H and O–H groups in total. The Balaban J connectivity index is 2.09. The van der Waals surface area contributed by atoms with E-state index >= 15 is 0 Å². The average Bonchev–Trinajstić information content (AvgIpc) is 2.65.